The van der Waals surface area contributed by atoms with Crippen LogP contribution in [0.2, 0.25) is 0 Å². The Morgan fingerprint density at radius 3 is 2.68 bits per heavy atom. The van der Waals surface area contributed by atoms with Gasteiger partial charge in [-0.15, -0.1) is 0 Å². The molecule has 0 aliphatic carbocycles. The highest BCUT2D eigenvalue weighted by atomic mass is 19.1. The van der Waals surface area contributed by atoms with Crippen LogP contribution >= 0.6 is 0 Å². The zero-order valence-corrected chi connectivity index (χ0v) is 20.0. The fourth-order valence-electron chi connectivity index (χ4n) is 4.19. The second-order valence-electron chi connectivity index (χ2n) is 8.39. The van der Waals surface area contributed by atoms with E-state index in [1.807, 2.05) is 0 Å². The Morgan fingerprint density at radius 1 is 1.19 bits per heavy atom. The number of hydrogen-bond acceptors (Lipinski definition) is 6. The summed E-state index contributed by atoms with van der Waals surface area (Å²) in [5, 5.41) is 22.1. The lowest BCUT2D eigenvalue weighted by atomic mass is 9.97. The smallest absolute Gasteiger partial charge is 0.252 e. The summed E-state index contributed by atoms with van der Waals surface area (Å²) in [6.07, 6.45) is 2.51. The van der Waals surface area contributed by atoms with Gasteiger partial charge in [0.1, 0.15) is 23.8 Å². The van der Waals surface area contributed by atoms with Crippen LogP contribution in [-0.2, 0) is 11.2 Å². The van der Waals surface area contributed by atoms with Gasteiger partial charge in [0.05, 0.1) is 41.7 Å². The number of aliphatic imine (C=N–C) groups is 1. The molecule has 2 aromatic carbocycles. The van der Waals surface area contributed by atoms with E-state index < -0.39 is 30.5 Å². The van der Waals surface area contributed by atoms with Crippen molar-refractivity contribution in [2.45, 2.75) is 18.6 Å². The monoisotopic (exact) mass is 502 g/mol. The van der Waals surface area contributed by atoms with Gasteiger partial charge in [-0.3, -0.25) is 14.8 Å². The second-order valence-corrected chi connectivity index (χ2v) is 8.39. The average Bonchev–Trinajstić information content (AvgIpc) is 3.39. The molecule has 0 bridgehead atoms. The Morgan fingerprint density at radius 2 is 1.97 bits per heavy atom. The summed E-state index contributed by atoms with van der Waals surface area (Å²) < 4.78 is 33.7. The van der Waals surface area contributed by atoms with Crippen LogP contribution in [0.3, 0.4) is 0 Å². The highest BCUT2D eigenvalue weighted by Crippen LogP contribution is 2.25. The van der Waals surface area contributed by atoms with Crippen LogP contribution in [0, 0.1) is 23.0 Å². The second kappa shape index (κ2) is 11.6. The number of carbonyl (C=O) groups excluding carboxylic acids is 1. The van der Waals surface area contributed by atoms with Crippen molar-refractivity contribution in [2.24, 2.45) is 4.99 Å². The highest BCUT2D eigenvalue weighted by Gasteiger charge is 2.28. The van der Waals surface area contributed by atoms with Crippen molar-refractivity contribution in [1.29, 1.82) is 5.26 Å². The van der Waals surface area contributed by atoms with Crippen molar-refractivity contribution in [3.63, 3.8) is 0 Å². The number of nitriles is 1. The predicted octanol–water partition coefficient (Wildman–Crippen LogP) is 3.47. The Hall–Kier alpha value is -4.26. The summed E-state index contributed by atoms with van der Waals surface area (Å²) >= 11 is 0. The van der Waals surface area contributed by atoms with E-state index in [9.17, 15) is 19.6 Å². The molecule has 0 saturated carbocycles. The fourth-order valence-corrected chi connectivity index (χ4v) is 4.19. The van der Waals surface area contributed by atoms with E-state index in [0.717, 1.165) is 11.1 Å². The van der Waals surface area contributed by atoms with Crippen LogP contribution in [0.4, 0.5) is 8.78 Å². The Labute approximate surface area is 212 Å². The number of rotatable bonds is 9. The van der Waals surface area contributed by atoms with Gasteiger partial charge < -0.3 is 15.2 Å². The van der Waals surface area contributed by atoms with Gasteiger partial charge in [0.15, 0.2) is 0 Å². The molecule has 0 fully saturated rings. The number of amides is 1. The summed E-state index contributed by atoms with van der Waals surface area (Å²) in [6, 6.07) is 14.6. The van der Waals surface area contributed by atoms with Crippen molar-refractivity contribution in [3.05, 3.63) is 106 Å². The van der Waals surface area contributed by atoms with Crippen LogP contribution < -0.4 is 5.32 Å². The Balaban J connectivity index is 1.64. The number of aromatic nitrogens is 1. The highest BCUT2D eigenvalue weighted by molar-refractivity contribution is 6.19. The number of benzene rings is 2. The standard InChI is InChI=1S/C28H24F2N4O3/c1-37-26(16-35)24(13-23-18(14-31)4-3-11-32-23)34-28(36)21-5-2-6-22(30)27(21)25-12-19(15-33-25)17-7-9-20(29)10-8-17/h2-12,24,26,35H,13,15-16H2,1H3,(H,34,36)/t24-,26-/m1/s1. The van der Waals surface area contributed by atoms with E-state index in [2.05, 4.69) is 21.4 Å². The van der Waals surface area contributed by atoms with Crippen LogP contribution in [0.5, 0.6) is 0 Å². The number of methoxy groups -OCH3 is 1. The number of pyridine rings is 1. The van der Waals surface area contributed by atoms with Crippen LogP contribution in [0.1, 0.15) is 32.7 Å². The van der Waals surface area contributed by atoms with Crippen LogP contribution in [0.25, 0.3) is 5.57 Å². The van der Waals surface area contributed by atoms with E-state index in [-0.39, 0.29) is 29.9 Å². The fraction of sp³-hybridized carbons (Fsp3) is 0.214. The number of aliphatic hydroxyl groups is 1. The maximum absolute atomic E-state index is 15.1. The molecule has 1 aliphatic heterocycles. The minimum Gasteiger partial charge on any atom is -0.394 e. The van der Waals surface area contributed by atoms with E-state index in [1.54, 1.807) is 30.3 Å². The van der Waals surface area contributed by atoms with Crippen LogP contribution in [-0.4, -0.2) is 54.1 Å². The lowest BCUT2D eigenvalue weighted by Gasteiger charge is -2.26. The third kappa shape index (κ3) is 5.77. The van der Waals surface area contributed by atoms with E-state index >= 15 is 4.39 Å². The van der Waals surface area contributed by atoms with E-state index in [0.29, 0.717) is 17.0 Å². The van der Waals surface area contributed by atoms with E-state index in [4.69, 9.17) is 4.74 Å². The van der Waals surface area contributed by atoms with Gasteiger partial charge >= 0.3 is 0 Å². The van der Waals surface area contributed by atoms with Crippen molar-refractivity contribution in [2.75, 3.05) is 20.3 Å². The first-order valence-electron chi connectivity index (χ1n) is 11.5. The minimum absolute atomic E-state index is 0.0318. The molecule has 4 rings (SSSR count). The molecular formula is C28H24F2N4O3. The van der Waals surface area contributed by atoms with Gasteiger partial charge in [-0.2, -0.15) is 5.26 Å². The van der Waals surface area contributed by atoms with Gasteiger partial charge in [-0.1, -0.05) is 18.2 Å². The minimum atomic E-state index is -0.802. The lowest BCUT2D eigenvalue weighted by molar-refractivity contribution is 0.0213. The number of nitrogens with zero attached hydrogens (tertiary/aromatic N) is 3. The maximum Gasteiger partial charge on any atom is 0.252 e. The molecule has 9 heteroatoms. The molecule has 3 aromatic rings. The number of halogens is 2. The predicted molar refractivity (Wildman–Crippen MR) is 134 cm³/mol. The van der Waals surface area contributed by atoms with Gasteiger partial charge in [0.2, 0.25) is 0 Å². The number of nitrogens with one attached hydrogen (secondary N) is 1. The first-order chi connectivity index (χ1) is 17.9. The maximum atomic E-state index is 15.1. The quantitative estimate of drug-likeness (QED) is 0.466. The summed E-state index contributed by atoms with van der Waals surface area (Å²) in [7, 11) is 1.40. The van der Waals surface area contributed by atoms with Crippen molar-refractivity contribution >= 4 is 17.2 Å². The molecule has 1 amide bonds. The summed E-state index contributed by atoms with van der Waals surface area (Å²) in [5.74, 6) is -1.59. The number of ether oxygens (including phenoxy) is 1. The Bertz CT molecular complexity index is 1390. The number of aliphatic hydroxyl groups excluding tert-OH is 1. The molecule has 7 nitrogen and oxygen atoms in total. The van der Waals surface area contributed by atoms with Gasteiger partial charge in [-0.05, 0) is 53.6 Å². The molecule has 0 unspecified atom stereocenters. The zero-order chi connectivity index (χ0) is 26.4. The first-order valence-corrected chi connectivity index (χ1v) is 11.5. The third-order valence-corrected chi connectivity index (χ3v) is 6.13. The van der Waals surface area contributed by atoms with Gasteiger partial charge in [0, 0.05) is 25.3 Å². The van der Waals surface area contributed by atoms with E-state index in [1.165, 1.54) is 43.6 Å². The summed E-state index contributed by atoms with van der Waals surface area (Å²) in [4.78, 5) is 22.1. The summed E-state index contributed by atoms with van der Waals surface area (Å²) in [5.41, 5.74) is 2.65. The normalized spacial score (nSPS) is 14.4. The molecule has 2 heterocycles. The number of allylic oxidation sites excluding steroid dienone is 1. The molecule has 1 aromatic heterocycles. The lowest BCUT2D eigenvalue weighted by Crippen LogP contribution is -2.47. The molecular weight excluding hydrogens is 478 g/mol. The third-order valence-electron chi connectivity index (χ3n) is 6.13. The Kier molecular flexibility index (Phi) is 8.13. The topological polar surface area (TPSA) is 108 Å². The summed E-state index contributed by atoms with van der Waals surface area (Å²) in [6.45, 7) is -0.144. The molecule has 0 radical (unpaired) electrons. The molecule has 0 saturated heterocycles. The number of hydrogen-bond donors (Lipinski definition) is 2. The van der Waals surface area contributed by atoms with Crippen molar-refractivity contribution in [3.8, 4) is 6.07 Å². The SMILES string of the molecule is CO[C@H](CO)[C@@H](Cc1ncccc1C#N)NC(=O)c1cccc(F)c1C1=NCC(c2ccc(F)cc2)=C1. The molecule has 0 spiro atoms. The van der Waals surface area contributed by atoms with Gasteiger partial charge in [0.25, 0.3) is 5.91 Å². The van der Waals surface area contributed by atoms with Gasteiger partial charge in [-0.25, -0.2) is 8.78 Å². The molecule has 188 valence electrons. The zero-order valence-electron chi connectivity index (χ0n) is 20.0. The molecule has 1 aliphatic rings. The molecule has 2 atom stereocenters. The first kappa shape index (κ1) is 25.8. The van der Waals surface area contributed by atoms with Crippen molar-refractivity contribution in [1.82, 2.24) is 10.3 Å². The number of carbonyl (C=O) groups is 1. The molecule has 2 N–H and O–H groups in total. The average molecular weight is 503 g/mol. The largest absolute Gasteiger partial charge is 0.394 e. The van der Waals surface area contributed by atoms with Crippen LogP contribution in [0.15, 0.2) is 71.9 Å². The van der Waals surface area contributed by atoms with Crippen molar-refractivity contribution < 1.29 is 23.4 Å². The molecule has 37 heavy (non-hydrogen) atoms.